The Hall–Kier alpha value is -4.97. The number of cyclic esters (lactones) is 1. The van der Waals surface area contributed by atoms with Crippen molar-refractivity contribution in [3.8, 4) is 5.75 Å². The molecule has 6 nitrogen and oxygen atoms in total. The highest BCUT2D eigenvalue weighted by Crippen LogP contribution is 2.47. The van der Waals surface area contributed by atoms with E-state index < -0.39 is 5.60 Å². The minimum Gasteiger partial charge on any atom is -0.490 e. The number of hydrogen-bond donors (Lipinski definition) is 0. The molecular weight excluding hydrogens is 534 g/mol. The van der Waals surface area contributed by atoms with Crippen LogP contribution in [0.15, 0.2) is 110 Å². The molecule has 0 saturated heterocycles. The van der Waals surface area contributed by atoms with E-state index in [1.165, 1.54) is 0 Å². The molecule has 0 amide bonds. The van der Waals surface area contributed by atoms with Crippen molar-refractivity contribution in [1.82, 2.24) is 0 Å². The summed E-state index contributed by atoms with van der Waals surface area (Å²) in [5.41, 5.74) is 7.13. The van der Waals surface area contributed by atoms with Crippen LogP contribution in [0.4, 0.5) is 17.1 Å². The summed E-state index contributed by atoms with van der Waals surface area (Å²) in [4.78, 5) is 19.7. The number of anilines is 3. The van der Waals surface area contributed by atoms with Crippen LogP contribution in [0, 0.1) is 0 Å². The summed E-state index contributed by atoms with van der Waals surface area (Å²) in [5.74, 6) is 0.273. The maximum Gasteiger partial charge on any atom is 0.340 e. The lowest BCUT2D eigenvalue weighted by Crippen LogP contribution is -2.26. The number of fused-ring (bicyclic) bond motifs is 1. The quantitative estimate of drug-likeness (QED) is 0.150. The second kappa shape index (κ2) is 12.1. The van der Waals surface area contributed by atoms with Gasteiger partial charge in [-0.15, -0.1) is 0 Å². The van der Waals surface area contributed by atoms with Crippen LogP contribution in [0.3, 0.4) is 0 Å². The Bertz CT molecular complexity index is 1580. The van der Waals surface area contributed by atoms with Crippen LogP contribution in [0.25, 0.3) is 5.57 Å². The van der Waals surface area contributed by atoms with Gasteiger partial charge in [0.1, 0.15) is 12.4 Å². The van der Waals surface area contributed by atoms with Gasteiger partial charge in [0.2, 0.25) is 0 Å². The Morgan fingerprint density at radius 1 is 0.744 bits per heavy atom. The van der Waals surface area contributed by atoms with Crippen molar-refractivity contribution in [1.29, 1.82) is 0 Å². The SMILES string of the molecule is C=CCOc1ccc2c(c1)C(C=C(c1ccc(N(C)C)cc1)c1ccc(N(C)C)cc1)(c1ccc(N(C)C)cc1)OC2=O. The molecule has 0 N–H and O–H groups in total. The number of nitrogens with zero attached hydrogens (tertiary/aromatic N) is 3. The zero-order valence-electron chi connectivity index (χ0n) is 25.8. The van der Waals surface area contributed by atoms with Gasteiger partial charge in [-0.05, 0) is 77.4 Å². The number of rotatable bonds is 10. The van der Waals surface area contributed by atoms with Gasteiger partial charge >= 0.3 is 5.97 Å². The molecule has 1 heterocycles. The van der Waals surface area contributed by atoms with Crippen LogP contribution >= 0.6 is 0 Å². The summed E-state index contributed by atoms with van der Waals surface area (Å²) in [7, 11) is 12.1. The van der Waals surface area contributed by atoms with E-state index in [0.29, 0.717) is 17.9 Å². The molecule has 43 heavy (non-hydrogen) atoms. The number of esters is 1. The molecule has 1 aliphatic heterocycles. The van der Waals surface area contributed by atoms with Gasteiger partial charge in [0.25, 0.3) is 0 Å². The molecule has 4 aromatic carbocycles. The van der Waals surface area contributed by atoms with Crippen molar-refractivity contribution >= 4 is 28.6 Å². The Morgan fingerprint density at radius 3 is 1.70 bits per heavy atom. The van der Waals surface area contributed by atoms with Crippen LogP contribution in [0.2, 0.25) is 0 Å². The lowest BCUT2D eigenvalue weighted by molar-refractivity contribution is 0.0276. The zero-order valence-corrected chi connectivity index (χ0v) is 25.8. The third-order valence-electron chi connectivity index (χ3n) is 7.78. The maximum atomic E-state index is 13.5. The van der Waals surface area contributed by atoms with Crippen LogP contribution in [0.5, 0.6) is 5.75 Å². The largest absolute Gasteiger partial charge is 0.490 e. The first-order valence-electron chi connectivity index (χ1n) is 14.3. The van der Waals surface area contributed by atoms with Crippen molar-refractivity contribution in [2.24, 2.45) is 0 Å². The summed E-state index contributed by atoms with van der Waals surface area (Å²) in [6.07, 6.45) is 3.79. The fourth-order valence-electron chi connectivity index (χ4n) is 5.34. The number of carbonyl (C=O) groups is 1. The van der Waals surface area contributed by atoms with Gasteiger partial charge in [-0.1, -0.05) is 49.1 Å². The normalized spacial score (nSPS) is 15.3. The number of benzene rings is 4. The monoisotopic (exact) mass is 573 g/mol. The molecule has 0 aliphatic carbocycles. The fourth-order valence-corrected chi connectivity index (χ4v) is 5.34. The predicted octanol–water partition coefficient (Wildman–Crippen LogP) is 7.00. The van der Waals surface area contributed by atoms with Gasteiger partial charge in [-0.2, -0.15) is 0 Å². The van der Waals surface area contributed by atoms with E-state index in [2.05, 4.69) is 71.0 Å². The van der Waals surface area contributed by atoms with E-state index in [1.54, 1.807) is 18.2 Å². The second-order valence-corrected chi connectivity index (χ2v) is 11.3. The highest BCUT2D eigenvalue weighted by atomic mass is 16.6. The smallest absolute Gasteiger partial charge is 0.340 e. The van der Waals surface area contributed by atoms with Crippen molar-refractivity contribution in [2.75, 3.05) is 63.6 Å². The minimum atomic E-state index is -1.19. The molecule has 0 fully saturated rings. The number of ether oxygens (including phenoxy) is 2. The third-order valence-corrected chi connectivity index (χ3v) is 7.78. The average molecular weight is 574 g/mol. The molecule has 0 radical (unpaired) electrons. The molecule has 6 heteroatoms. The van der Waals surface area contributed by atoms with Crippen LogP contribution in [-0.4, -0.2) is 54.9 Å². The van der Waals surface area contributed by atoms with Gasteiger partial charge in [-0.3, -0.25) is 0 Å². The van der Waals surface area contributed by atoms with Crippen LogP contribution in [-0.2, 0) is 10.3 Å². The summed E-state index contributed by atoms with van der Waals surface area (Å²) in [5, 5.41) is 0. The van der Waals surface area contributed by atoms with Crippen molar-refractivity contribution in [3.63, 3.8) is 0 Å². The summed E-state index contributed by atoms with van der Waals surface area (Å²) < 4.78 is 12.4. The number of carbonyl (C=O) groups excluding carboxylic acids is 1. The first-order chi connectivity index (χ1) is 20.6. The molecule has 5 rings (SSSR count). The standard InChI is InChI=1S/C37H39N3O3/c1-8-23-42-32-21-22-33-35(24-32)37(43-36(33)41,28-13-19-31(20-14-28)40(6)7)25-34(26-9-15-29(16-10-26)38(2)3)27-11-17-30(18-12-27)39(4)5/h8-22,24-25H,1,23H2,2-7H3. The van der Waals surface area contributed by atoms with Gasteiger partial charge < -0.3 is 24.2 Å². The van der Waals surface area contributed by atoms with E-state index in [0.717, 1.165) is 44.9 Å². The maximum absolute atomic E-state index is 13.5. The molecule has 1 atom stereocenters. The van der Waals surface area contributed by atoms with E-state index in [-0.39, 0.29) is 5.97 Å². The fraction of sp³-hybridized carbons (Fsp3) is 0.216. The first-order valence-corrected chi connectivity index (χ1v) is 14.3. The summed E-state index contributed by atoms with van der Waals surface area (Å²) >= 11 is 0. The topological polar surface area (TPSA) is 45.2 Å². The van der Waals surface area contributed by atoms with E-state index in [9.17, 15) is 4.79 Å². The van der Waals surface area contributed by atoms with Gasteiger partial charge in [0, 0.05) is 70.5 Å². The number of hydrogen-bond acceptors (Lipinski definition) is 6. The highest BCUT2D eigenvalue weighted by Gasteiger charge is 2.46. The molecule has 1 aliphatic rings. The Labute approximate surface area is 255 Å². The molecule has 0 aromatic heterocycles. The highest BCUT2D eigenvalue weighted by molar-refractivity contribution is 5.97. The second-order valence-electron chi connectivity index (χ2n) is 11.3. The predicted molar refractivity (Wildman–Crippen MR) is 178 cm³/mol. The minimum absolute atomic E-state index is 0.357. The molecule has 1 unspecified atom stereocenters. The van der Waals surface area contributed by atoms with Crippen molar-refractivity contribution in [2.45, 2.75) is 5.60 Å². The molecule has 220 valence electrons. The summed E-state index contributed by atoms with van der Waals surface area (Å²) in [6.45, 7) is 4.13. The Morgan fingerprint density at radius 2 is 1.23 bits per heavy atom. The van der Waals surface area contributed by atoms with Crippen molar-refractivity contribution in [3.05, 3.63) is 138 Å². The molecule has 4 aromatic rings. The van der Waals surface area contributed by atoms with Crippen LogP contribution < -0.4 is 19.4 Å². The van der Waals surface area contributed by atoms with Gasteiger partial charge in [0.05, 0.1) is 5.56 Å². The average Bonchev–Trinajstić information content (AvgIpc) is 3.30. The Kier molecular flexibility index (Phi) is 8.31. The summed E-state index contributed by atoms with van der Waals surface area (Å²) in [6, 6.07) is 30.6. The molecule has 0 saturated carbocycles. The van der Waals surface area contributed by atoms with Gasteiger partial charge in [0.15, 0.2) is 5.60 Å². The van der Waals surface area contributed by atoms with E-state index >= 15 is 0 Å². The lowest BCUT2D eigenvalue weighted by atomic mass is 9.81. The van der Waals surface area contributed by atoms with E-state index in [4.69, 9.17) is 9.47 Å². The zero-order chi connectivity index (χ0) is 30.7. The van der Waals surface area contributed by atoms with E-state index in [1.807, 2.05) is 77.5 Å². The lowest BCUT2D eigenvalue weighted by Gasteiger charge is -2.29. The Balaban J connectivity index is 1.79. The molecule has 0 spiro atoms. The van der Waals surface area contributed by atoms with Crippen LogP contribution in [0.1, 0.15) is 32.6 Å². The van der Waals surface area contributed by atoms with Gasteiger partial charge in [-0.25, -0.2) is 4.79 Å². The molecular formula is C37H39N3O3. The third kappa shape index (κ3) is 5.86. The first kappa shape index (κ1) is 29.5. The van der Waals surface area contributed by atoms with Crippen molar-refractivity contribution < 1.29 is 14.3 Å². The molecule has 0 bridgehead atoms.